The molecule has 1 fully saturated rings. The van der Waals surface area contributed by atoms with Gasteiger partial charge in [0.1, 0.15) is 0 Å². The molecule has 6 heteroatoms. The molecule has 1 aromatic heterocycles. The molecule has 1 aliphatic rings. The van der Waals surface area contributed by atoms with Crippen molar-refractivity contribution >= 4 is 17.3 Å². The standard InChI is InChI=1S/C21H30N4OS/c1-3-22-20(23-12-9-19-15-27-17(2)25-19)24-16-21(10-13-26-14-11-21)18-7-5-4-6-8-18/h4-8,15H,3,9-14,16H2,1-2H3,(H2,22,23,24). The minimum absolute atomic E-state index is 0.0634. The lowest BCUT2D eigenvalue weighted by atomic mass is 9.74. The van der Waals surface area contributed by atoms with Crippen LogP contribution in [0.25, 0.3) is 0 Å². The SMILES string of the molecule is CCNC(=NCC1(c2ccccc2)CCOCC1)NCCc1csc(C)n1. The third kappa shape index (κ3) is 5.53. The molecular weight excluding hydrogens is 356 g/mol. The third-order valence-corrected chi connectivity index (χ3v) is 5.88. The Morgan fingerprint density at radius 3 is 2.67 bits per heavy atom. The number of hydrogen-bond acceptors (Lipinski definition) is 4. The van der Waals surface area contributed by atoms with Crippen LogP contribution in [0.4, 0.5) is 0 Å². The van der Waals surface area contributed by atoms with Crippen molar-refractivity contribution in [2.24, 2.45) is 4.99 Å². The summed E-state index contributed by atoms with van der Waals surface area (Å²) in [4.78, 5) is 9.47. The van der Waals surface area contributed by atoms with Crippen molar-refractivity contribution in [3.05, 3.63) is 52.0 Å². The van der Waals surface area contributed by atoms with Crippen molar-refractivity contribution in [1.82, 2.24) is 15.6 Å². The van der Waals surface area contributed by atoms with Gasteiger partial charge in [-0.1, -0.05) is 30.3 Å². The summed E-state index contributed by atoms with van der Waals surface area (Å²) in [6.45, 7) is 8.20. The Morgan fingerprint density at radius 2 is 2.00 bits per heavy atom. The maximum Gasteiger partial charge on any atom is 0.191 e. The number of nitrogens with zero attached hydrogens (tertiary/aromatic N) is 2. The molecule has 5 nitrogen and oxygen atoms in total. The molecule has 3 rings (SSSR count). The van der Waals surface area contributed by atoms with Gasteiger partial charge in [0.05, 0.1) is 17.2 Å². The fourth-order valence-corrected chi connectivity index (χ4v) is 4.14. The number of aliphatic imine (C=N–C) groups is 1. The van der Waals surface area contributed by atoms with Crippen LogP contribution in [0.1, 0.15) is 36.0 Å². The molecule has 0 bridgehead atoms. The van der Waals surface area contributed by atoms with E-state index in [1.54, 1.807) is 11.3 Å². The molecule has 0 saturated carbocycles. The second-order valence-electron chi connectivity index (χ2n) is 6.99. The van der Waals surface area contributed by atoms with E-state index in [0.29, 0.717) is 0 Å². The first kappa shape index (κ1) is 19.8. The summed E-state index contributed by atoms with van der Waals surface area (Å²) in [7, 11) is 0. The van der Waals surface area contributed by atoms with Gasteiger partial charge in [0, 0.05) is 43.5 Å². The van der Waals surface area contributed by atoms with Crippen LogP contribution >= 0.6 is 11.3 Å². The number of hydrogen-bond donors (Lipinski definition) is 2. The van der Waals surface area contributed by atoms with Gasteiger partial charge in [-0.3, -0.25) is 4.99 Å². The molecule has 0 radical (unpaired) electrons. The zero-order valence-corrected chi connectivity index (χ0v) is 17.1. The molecule has 27 heavy (non-hydrogen) atoms. The van der Waals surface area contributed by atoms with Crippen LogP contribution in [0.5, 0.6) is 0 Å². The van der Waals surface area contributed by atoms with E-state index in [1.165, 1.54) is 5.56 Å². The highest BCUT2D eigenvalue weighted by molar-refractivity contribution is 7.09. The predicted octanol–water partition coefficient (Wildman–Crippen LogP) is 3.30. The van der Waals surface area contributed by atoms with Crippen LogP contribution < -0.4 is 10.6 Å². The van der Waals surface area contributed by atoms with E-state index in [2.05, 4.69) is 58.3 Å². The maximum absolute atomic E-state index is 5.63. The van der Waals surface area contributed by atoms with Crippen molar-refractivity contribution in [2.75, 3.05) is 32.8 Å². The number of nitrogens with one attached hydrogen (secondary N) is 2. The van der Waals surface area contributed by atoms with Crippen molar-refractivity contribution in [3.63, 3.8) is 0 Å². The quantitative estimate of drug-likeness (QED) is 0.566. The third-order valence-electron chi connectivity index (χ3n) is 5.06. The Hall–Kier alpha value is -1.92. The number of rotatable bonds is 7. The molecule has 2 N–H and O–H groups in total. The van der Waals surface area contributed by atoms with E-state index in [4.69, 9.17) is 9.73 Å². The summed E-state index contributed by atoms with van der Waals surface area (Å²) in [5, 5.41) is 10.1. The molecule has 1 saturated heterocycles. The number of aryl methyl sites for hydroxylation is 1. The van der Waals surface area contributed by atoms with Gasteiger partial charge >= 0.3 is 0 Å². The number of thiazole rings is 1. The molecule has 0 aliphatic carbocycles. The largest absolute Gasteiger partial charge is 0.381 e. The second kappa shape index (κ2) is 9.85. The summed E-state index contributed by atoms with van der Waals surface area (Å²) in [5.74, 6) is 0.881. The average molecular weight is 387 g/mol. The van der Waals surface area contributed by atoms with E-state index < -0.39 is 0 Å². The normalized spacial score (nSPS) is 16.9. The van der Waals surface area contributed by atoms with Crippen LogP contribution in [-0.2, 0) is 16.6 Å². The van der Waals surface area contributed by atoms with Gasteiger partial charge in [0.2, 0.25) is 0 Å². The average Bonchev–Trinajstić information content (AvgIpc) is 3.12. The zero-order chi connectivity index (χ0) is 19.0. The first-order chi connectivity index (χ1) is 13.2. The summed E-state index contributed by atoms with van der Waals surface area (Å²) in [6, 6.07) is 10.8. The molecule has 146 valence electrons. The van der Waals surface area contributed by atoms with Crippen molar-refractivity contribution < 1.29 is 4.74 Å². The van der Waals surface area contributed by atoms with Crippen molar-refractivity contribution in [1.29, 1.82) is 0 Å². The molecule has 0 spiro atoms. The molecule has 0 unspecified atom stereocenters. The van der Waals surface area contributed by atoms with Crippen LogP contribution in [0.2, 0.25) is 0 Å². The minimum atomic E-state index is 0.0634. The highest BCUT2D eigenvalue weighted by Crippen LogP contribution is 2.35. The first-order valence-corrected chi connectivity index (χ1v) is 10.7. The monoisotopic (exact) mass is 386 g/mol. The van der Waals surface area contributed by atoms with E-state index in [0.717, 1.165) is 68.8 Å². The molecule has 1 aromatic carbocycles. The summed E-state index contributed by atoms with van der Waals surface area (Å²) in [5.41, 5.74) is 2.57. The van der Waals surface area contributed by atoms with E-state index in [-0.39, 0.29) is 5.41 Å². The van der Waals surface area contributed by atoms with Crippen molar-refractivity contribution in [3.8, 4) is 0 Å². The number of benzene rings is 1. The number of aromatic nitrogens is 1. The predicted molar refractivity (Wildman–Crippen MR) is 113 cm³/mol. The Balaban J connectivity index is 1.65. The summed E-state index contributed by atoms with van der Waals surface area (Å²) in [6.07, 6.45) is 2.93. The van der Waals surface area contributed by atoms with Gasteiger partial charge in [-0.15, -0.1) is 11.3 Å². The lowest BCUT2D eigenvalue weighted by molar-refractivity contribution is 0.0531. The fraction of sp³-hybridized carbons (Fsp3) is 0.524. The second-order valence-corrected chi connectivity index (χ2v) is 8.05. The molecule has 1 aliphatic heterocycles. The number of guanidine groups is 1. The highest BCUT2D eigenvalue weighted by Gasteiger charge is 2.34. The van der Waals surface area contributed by atoms with Crippen LogP contribution in [-0.4, -0.2) is 43.8 Å². The maximum atomic E-state index is 5.63. The molecule has 0 amide bonds. The van der Waals surface area contributed by atoms with Crippen LogP contribution in [0.15, 0.2) is 40.7 Å². The van der Waals surface area contributed by atoms with Gasteiger partial charge in [-0.2, -0.15) is 0 Å². The van der Waals surface area contributed by atoms with Gasteiger partial charge in [-0.25, -0.2) is 4.98 Å². The number of ether oxygens (including phenoxy) is 1. The van der Waals surface area contributed by atoms with Gasteiger partial charge in [0.15, 0.2) is 5.96 Å². The van der Waals surface area contributed by atoms with Gasteiger partial charge in [0.25, 0.3) is 0 Å². The lowest BCUT2D eigenvalue weighted by Crippen LogP contribution is -2.41. The minimum Gasteiger partial charge on any atom is -0.381 e. The van der Waals surface area contributed by atoms with Crippen LogP contribution in [0.3, 0.4) is 0 Å². The molecule has 2 aromatic rings. The van der Waals surface area contributed by atoms with Crippen LogP contribution in [0, 0.1) is 6.92 Å². The van der Waals surface area contributed by atoms with E-state index in [1.807, 2.05) is 6.92 Å². The lowest BCUT2D eigenvalue weighted by Gasteiger charge is -2.36. The Morgan fingerprint density at radius 1 is 1.22 bits per heavy atom. The topological polar surface area (TPSA) is 58.5 Å². The molecule has 0 atom stereocenters. The highest BCUT2D eigenvalue weighted by atomic mass is 32.1. The van der Waals surface area contributed by atoms with E-state index in [9.17, 15) is 0 Å². The van der Waals surface area contributed by atoms with E-state index >= 15 is 0 Å². The Bertz CT molecular complexity index is 723. The zero-order valence-electron chi connectivity index (χ0n) is 16.3. The first-order valence-electron chi connectivity index (χ1n) is 9.78. The smallest absolute Gasteiger partial charge is 0.191 e. The van der Waals surface area contributed by atoms with Crippen molar-refractivity contribution in [2.45, 2.75) is 38.5 Å². The Labute approximate surface area is 166 Å². The van der Waals surface area contributed by atoms with Gasteiger partial charge in [-0.05, 0) is 32.3 Å². The molecular formula is C21H30N4OS. The van der Waals surface area contributed by atoms with Gasteiger partial charge < -0.3 is 15.4 Å². The summed E-state index contributed by atoms with van der Waals surface area (Å²) < 4.78 is 5.63. The Kier molecular flexibility index (Phi) is 7.24. The summed E-state index contributed by atoms with van der Waals surface area (Å²) >= 11 is 1.70. The molecule has 2 heterocycles. The fourth-order valence-electron chi connectivity index (χ4n) is 3.50.